The molecule has 1 amide bonds. The number of fused-ring (bicyclic) bond motifs is 1. The number of sulfonamides is 1. The second-order valence-electron chi connectivity index (χ2n) is 5.72. The van der Waals surface area contributed by atoms with E-state index in [0.29, 0.717) is 15.7 Å². The Bertz CT molecular complexity index is 968. The topological polar surface area (TPSA) is 122 Å². The van der Waals surface area contributed by atoms with Crippen LogP contribution >= 0.6 is 0 Å². The van der Waals surface area contributed by atoms with Crippen molar-refractivity contribution in [3.63, 3.8) is 0 Å². The van der Waals surface area contributed by atoms with E-state index < -0.39 is 39.1 Å². The summed E-state index contributed by atoms with van der Waals surface area (Å²) in [5, 5.41) is 3.74. The molecule has 27 heavy (non-hydrogen) atoms. The van der Waals surface area contributed by atoms with Crippen molar-refractivity contribution in [2.75, 3.05) is 11.3 Å². The van der Waals surface area contributed by atoms with E-state index in [2.05, 4.69) is 10.7 Å². The summed E-state index contributed by atoms with van der Waals surface area (Å²) in [6, 6.07) is 14.4. The highest BCUT2D eigenvalue weighted by atomic mass is 32.2. The fourth-order valence-corrected chi connectivity index (χ4v) is 4.95. The molecule has 0 spiro atoms. The largest absolute Gasteiger partial charge is 0.771 e. The summed E-state index contributed by atoms with van der Waals surface area (Å²) in [4.78, 5) is 11.6. The number of benzene rings is 2. The summed E-state index contributed by atoms with van der Waals surface area (Å²) >= 11 is -2.70. The third kappa shape index (κ3) is 4.01. The highest BCUT2D eigenvalue weighted by Gasteiger charge is 2.40. The van der Waals surface area contributed by atoms with Gasteiger partial charge in [-0.05, 0) is 29.3 Å². The second kappa shape index (κ2) is 7.74. The van der Waals surface area contributed by atoms with Crippen LogP contribution in [0.25, 0.3) is 0 Å². The van der Waals surface area contributed by atoms with Crippen molar-refractivity contribution >= 4 is 32.7 Å². The van der Waals surface area contributed by atoms with Crippen LogP contribution in [0.1, 0.15) is 18.7 Å². The molecule has 2 atom stereocenters. The Hall–Kier alpha value is -2.31. The Labute approximate surface area is 159 Å². The Balaban J connectivity index is 2.07. The van der Waals surface area contributed by atoms with E-state index in [1.165, 1.54) is 31.2 Å². The molecule has 11 heteroatoms. The van der Waals surface area contributed by atoms with Gasteiger partial charge in [-0.25, -0.2) is 8.42 Å². The molecule has 0 radical (unpaired) electrons. The van der Waals surface area contributed by atoms with Gasteiger partial charge in [0.2, 0.25) is 5.91 Å². The Morgan fingerprint density at radius 3 is 2.48 bits per heavy atom. The van der Waals surface area contributed by atoms with Crippen LogP contribution in [-0.4, -0.2) is 38.5 Å². The highest BCUT2D eigenvalue weighted by molar-refractivity contribution is 7.90. The number of nitrogens with zero attached hydrogens (tertiary/aromatic N) is 2. The molecule has 144 valence electrons. The van der Waals surface area contributed by atoms with Gasteiger partial charge in [0.15, 0.2) is 0 Å². The lowest BCUT2D eigenvalue weighted by Gasteiger charge is -2.35. The third-order valence-electron chi connectivity index (χ3n) is 3.85. The summed E-state index contributed by atoms with van der Waals surface area (Å²) < 4.78 is 49.7. The first-order valence-electron chi connectivity index (χ1n) is 7.86. The number of hydrazine groups is 2. The van der Waals surface area contributed by atoms with E-state index in [1.807, 2.05) is 0 Å². The number of hydrogen-bond donors (Lipinski definition) is 2. The molecule has 1 aliphatic rings. The monoisotopic (exact) mass is 409 g/mol. The number of hydrogen-bond acceptors (Lipinski definition) is 7. The van der Waals surface area contributed by atoms with Gasteiger partial charge in [-0.15, -0.1) is 5.12 Å². The van der Waals surface area contributed by atoms with E-state index in [-0.39, 0.29) is 4.90 Å². The SMILES string of the molecule is CC(=O)NC1c2ccccc2NN1N(CS(=O)[O-])S(=O)(=O)c1ccccc1. The second-order valence-corrected chi connectivity index (χ2v) is 8.43. The van der Waals surface area contributed by atoms with Crippen LogP contribution in [0.2, 0.25) is 0 Å². The lowest BCUT2D eigenvalue weighted by atomic mass is 10.1. The predicted octanol–water partition coefficient (Wildman–Crippen LogP) is 0.906. The molecule has 0 fully saturated rings. The predicted molar refractivity (Wildman–Crippen MR) is 97.7 cm³/mol. The van der Waals surface area contributed by atoms with Crippen molar-refractivity contribution in [3.05, 3.63) is 60.2 Å². The van der Waals surface area contributed by atoms with Crippen molar-refractivity contribution < 1.29 is 22.0 Å². The summed E-state index contributed by atoms with van der Waals surface area (Å²) in [5.41, 5.74) is 4.03. The molecule has 2 aromatic rings. The summed E-state index contributed by atoms with van der Waals surface area (Å²) in [6.45, 7) is 1.29. The van der Waals surface area contributed by atoms with E-state index in [1.54, 1.807) is 30.3 Å². The van der Waals surface area contributed by atoms with Gasteiger partial charge in [0.1, 0.15) is 6.17 Å². The molecule has 0 aliphatic carbocycles. The fourth-order valence-electron chi connectivity index (χ4n) is 2.72. The number of carbonyl (C=O) groups is 1. The van der Waals surface area contributed by atoms with Gasteiger partial charge in [-0.1, -0.05) is 40.8 Å². The minimum absolute atomic E-state index is 0.0743. The molecule has 0 bridgehead atoms. The maximum Gasteiger partial charge on any atom is 0.258 e. The molecular formula is C16H17N4O5S2-. The van der Waals surface area contributed by atoms with Gasteiger partial charge < -0.3 is 15.3 Å². The van der Waals surface area contributed by atoms with Gasteiger partial charge in [-0.2, -0.15) is 0 Å². The maximum atomic E-state index is 13.1. The molecule has 9 nitrogen and oxygen atoms in total. The van der Waals surface area contributed by atoms with E-state index in [9.17, 15) is 22.0 Å². The smallest absolute Gasteiger partial charge is 0.258 e. The fraction of sp³-hybridized carbons (Fsp3) is 0.188. The van der Waals surface area contributed by atoms with Crippen LogP contribution in [0.5, 0.6) is 0 Å². The Morgan fingerprint density at radius 1 is 1.22 bits per heavy atom. The maximum absolute atomic E-state index is 13.1. The molecular weight excluding hydrogens is 392 g/mol. The molecule has 1 aliphatic heterocycles. The number of nitrogens with one attached hydrogen (secondary N) is 2. The average Bonchev–Trinajstić information content (AvgIpc) is 2.98. The van der Waals surface area contributed by atoms with Crippen molar-refractivity contribution in [1.29, 1.82) is 0 Å². The molecule has 2 aromatic carbocycles. The standard InChI is InChI=1S/C16H18N4O5S2/c1-12(21)17-16-14-9-5-6-10-15(14)18-20(16)19(11-26(22)23)27(24,25)13-7-3-2-4-8-13/h2-10,16,18H,11H2,1H3,(H,17,21)(H,22,23)/p-1. The van der Waals surface area contributed by atoms with E-state index in [0.717, 1.165) is 5.12 Å². The zero-order valence-corrected chi connectivity index (χ0v) is 15.9. The Morgan fingerprint density at radius 2 is 1.85 bits per heavy atom. The molecule has 1 heterocycles. The third-order valence-corrected chi connectivity index (χ3v) is 6.20. The number of amides is 1. The first-order valence-corrected chi connectivity index (χ1v) is 10.5. The first-order chi connectivity index (χ1) is 12.8. The van der Waals surface area contributed by atoms with Crippen molar-refractivity contribution in [3.8, 4) is 0 Å². The molecule has 0 aromatic heterocycles. The first kappa shape index (κ1) is 19.5. The summed E-state index contributed by atoms with van der Waals surface area (Å²) in [7, 11) is -4.21. The van der Waals surface area contributed by atoms with Crippen LogP contribution in [0.3, 0.4) is 0 Å². The van der Waals surface area contributed by atoms with E-state index in [4.69, 9.17) is 0 Å². The van der Waals surface area contributed by atoms with E-state index >= 15 is 0 Å². The minimum Gasteiger partial charge on any atom is -0.771 e. The Kier molecular flexibility index (Phi) is 5.58. The van der Waals surface area contributed by atoms with Gasteiger partial charge in [0, 0.05) is 12.5 Å². The van der Waals surface area contributed by atoms with Crippen LogP contribution in [-0.2, 0) is 25.9 Å². The zero-order valence-electron chi connectivity index (χ0n) is 14.2. The molecule has 0 saturated carbocycles. The minimum atomic E-state index is -4.21. The number of anilines is 1. The van der Waals surface area contributed by atoms with Gasteiger partial charge in [-0.3, -0.25) is 9.00 Å². The molecule has 2 unspecified atom stereocenters. The molecule has 2 N–H and O–H groups in total. The van der Waals surface area contributed by atoms with Crippen molar-refractivity contribution in [2.24, 2.45) is 0 Å². The lowest BCUT2D eigenvalue weighted by molar-refractivity contribution is -0.122. The van der Waals surface area contributed by atoms with Crippen LogP contribution < -0.4 is 10.7 Å². The van der Waals surface area contributed by atoms with Crippen LogP contribution in [0.15, 0.2) is 59.5 Å². The zero-order chi connectivity index (χ0) is 19.6. The van der Waals surface area contributed by atoms with Gasteiger partial charge >= 0.3 is 0 Å². The van der Waals surface area contributed by atoms with Gasteiger partial charge in [0.05, 0.1) is 16.5 Å². The van der Waals surface area contributed by atoms with Crippen molar-refractivity contribution in [1.82, 2.24) is 14.8 Å². The summed E-state index contributed by atoms with van der Waals surface area (Å²) in [6.07, 6.45) is -0.902. The normalized spacial score (nSPS) is 18.0. The van der Waals surface area contributed by atoms with Crippen LogP contribution in [0.4, 0.5) is 5.69 Å². The highest BCUT2D eigenvalue weighted by Crippen LogP contribution is 2.36. The quantitative estimate of drug-likeness (QED) is 0.680. The van der Waals surface area contributed by atoms with Crippen molar-refractivity contribution in [2.45, 2.75) is 18.0 Å². The molecule has 0 saturated heterocycles. The number of rotatable bonds is 6. The lowest BCUT2D eigenvalue weighted by Crippen LogP contribution is -2.53. The van der Waals surface area contributed by atoms with Gasteiger partial charge in [0.25, 0.3) is 10.0 Å². The average molecular weight is 409 g/mol. The molecule has 3 rings (SSSR count). The summed E-state index contributed by atoms with van der Waals surface area (Å²) in [5.74, 6) is -1.22. The number of carbonyl (C=O) groups excluding carboxylic acids is 1. The van der Waals surface area contributed by atoms with Crippen LogP contribution in [0, 0.1) is 0 Å². The number of para-hydroxylation sites is 1.